The fraction of sp³-hybridized carbons (Fsp3) is 0.200. The fourth-order valence-corrected chi connectivity index (χ4v) is 3.53. The second-order valence-corrected chi connectivity index (χ2v) is 7.96. The molecule has 112 valence electrons. The van der Waals surface area contributed by atoms with Crippen LogP contribution in [0.1, 0.15) is 11.1 Å². The van der Waals surface area contributed by atoms with E-state index in [4.69, 9.17) is 4.18 Å². The Hall–Kier alpha value is -0.690. The predicted octanol–water partition coefficient (Wildman–Crippen LogP) is 4.47. The minimum absolute atomic E-state index is 0.102. The molecule has 0 radical (unpaired) electrons. The van der Waals surface area contributed by atoms with Crippen molar-refractivity contribution in [2.24, 2.45) is 0 Å². The molecule has 0 bridgehead atoms. The van der Waals surface area contributed by atoms with Gasteiger partial charge in [-0.1, -0.05) is 49.6 Å². The number of halogens is 2. The summed E-state index contributed by atoms with van der Waals surface area (Å²) in [7, 11) is -3.70. The van der Waals surface area contributed by atoms with Crippen LogP contribution in [0, 0.1) is 6.92 Å². The number of hydrogen-bond acceptors (Lipinski definition) is 3. The lowest BCUT2D eigenvalue weighted by Crippen LogP contribution is -2.09. The van der Waals surface area contributed by atoms with Gasteiger partial charge in [0.25, 0.3) is 10.1 Å². The second-order valence-electron chi connectivity index (χ2n) is 4.57. The van der Waals surface area contributed by atoms with Crippen LogP contribution >= 0.6 is 31.9 Å². The maximum atomic E-state index is 12.0. The van der Waals surface area contributed by atoms with Crippen molar-refractivity contribution in [3.63, 3.8) is 0 Å². The zero-order valence-electron chi connectivity index (χ0n) is 11.3. The van der Waals surface area contributed by atoms with Gasteiger partial charge in [0, 0.05) is 8.95 Å². The summed E-state index contributed by atoms with van der Waals surface area (Å²) in [6.45, 7) is 2.01. The molecule has 0 aromatic heterocycles. The van der Waals surface area contributed by atoms with Crippen molar-refractivity contribution < 1.29 is 12.6 Å². The normalized spacial score (nSPS) is 11.6. The first-order valence-corrected chi connectivity index (χ1v) is 9.28. The molecular formula is C15H14Br2O3S. The summed E-state index contributed by atoms with van der Waals surface area (Å²) in [5.41, 5.74) is 2.00. The highest BCUT2D eigenvalue weighted by Gasteiger charge is 2.14. The SMILES string of the molecule is Cc1ccc(S(=O)(=O)OCCc2cc(Br)ccc2Br)cc1. The third-order valence-electron chi connectivity index (χ3n) is 2.93. The summed E-state index contributed by atoms with van der Waals surface area (Å²) >= 11 is 6.83. The van der Waals surface area contributed by atoms with E-state index in [1.165, 1.54) is 0 Å². The molecule has 0 saturated heterocycles. The minimum Gasteiger partial charge on any atom is -0.266 e. The van der Waals surface area contributed by atoms with Gasteiger partial charge in [-0.25, -0.2) is 0 Å². The van der Waals surface area contributed by atoms with Crippen LogP contribution < -0.4 is 0 Å². The highest BCUT2D eigenvalue weighted by Crippen LogP contribution is 2.22. The monoisotopic (exact) mass is 432 g/mol. The Labute approximate surface area is 141 Å². The number of aryl methyl sites for hydroxylation is 1. The summed E-state index contributed by atoms with van der Waals surface area (Å²) in [6, 6.07) is 12.4. The van der Waals surface area contributed by atoms with Crippen LogP contribution in [-0.2, 0) is 20.7 Å². The Kier molecular flexibility index (Phi) is 5.60. The first-order valence-electron chi connectivity index (χ1n) is 6.28. The largest absolute Gasteiger partial charge is 0.296 e. The van der Waals surface area contributed by atoms with Gasteiger partial charge in [-0.3, -0.25) is 4.18 Å². The third kappa shape index (κ3) is 4.64. The summed E-state index contributed by atoms with van der Waals surface area (Å²) in [4.78, 5) is 0.182. The molecule has 0 saturated carbocycles. The molecule has 21 heavy (non-hydrogen) atoms. The summed E-state index contributed by atoms with van der Waals surface area (Å²) < 4.78 is 31.1. The van der Waals surface area contributed by atoms with E-state index in [9.17, 15) is 8.42 Å². The molecule has 2 aromatic rings. The minimum atomic E-state index is -3.70. The van der Waals surface area contributed by atoms with Gasteiger partial charge in [-0.15, -0.1) is 0 Å². The van der Waals surface area contributed by atoms with Crippen LogP contribution in [0.5, 0.6) is 0 Å². The molecule has 0 atom stereocenters. The van der Waals surface area contributed by atoms with E-state index in [0.29, 0.717) is 6.42 Å². The first kappa shape index (κ1) is 16.7. The molecule has 0 amide bonds. The van der Waals surface area contributed by atoms with Crippen LogP contribution in [0.25, 0.3) is 0 Å². The van der Waals surface area contributed by atoms with E-state index in [1.54, 1.807) is 24.3 Å². The topological polar surface area (TPSA) is 43.4 Å². The molecule has 3 nitrogen and oxygen atoms in total. The lowest BCUT2D eigenvalue weighted by atomic mass is 10.2. The van der Waals surface area contributed by atoms with Gasteiger partial charge in [-0.05, 0) is 49.2 Å². The van der Waals surface area contributed by atoms with Crippen LogP contribution in [-0.4, -0.2) is 15.0 Å². The standard InChI is InChI=1S/C15H14Br2O3S/c1-11-2-5-14(6-3-11)21(18,19)20-9-8-12-10-13(16)4-7-15(12)17/h2-7,10H,8-9H2,1H3. The lowest BCUT2D eigenvalue weighted by molar-refractivity contribution is 0.322. The summed E-state index contributed by atoms with van der Waals surface area (Å²) in [5.74, 6) is 0. The van der Waals surface area contributed by atoms with Crippen LogP contribution in [0.2, 0.25) is 0 Å². The fourth-order valence-electron chi connectivity index (χ4n) is 1.77. The molecule has 0 aliphatic heterocycles. The van der Waals surface area contributed by atoms with Gasteiger partial charge in [-0.2, -0.15) is 8.42 Å². The molecule has 0 spiro atoms. The van der Waals surface area contributed by atoms with E-state index < -0.39 is 10.1 Å². The van der Waals surface area contributed by atoms with Gasteiger partial charge >= 0.3 is 0 Å². The van der Waals surface area contributed by atoms with E-state index in [0.717, 1.165) is 20.1 Å². The maximum absolute atomic E-state index is 12.0. The Morgan fingerprint density at radius 2 is 1.71 bits per heavy atom. The molecule has 0 fully saturated rings. The summed E-state index contributed by atoms with van der Waals surface area (Å²) in [5, 5.41) is 0. The van der Waals surface area contributed by atoms with Gasteiger partial charge < -0.3 is 0 Å². The van der Waals surface area contributed by atoms with E-state index in [-0.39, 0.29) is 11.5 Å². The van der Waals surface area contributed by atoms with Gasteiger partial charge in [0.1, 0.15) is 0 Å². The van der Waals surface area contributed by atoms with E-state index in [1.807, 2.05) is 25.1 Å². The highest BCUT2D eigenvalue weighted by molar-refractivity contribution is 9.11. The number of hydrogen-bond donors (Lipinski definition) is 0. The molecule has 2 aromatic carbocycles. The average molecular weight is 434 g/mol. The molecule has 0 heterocycles. The zero-order valence-corrected chi connectivity index (χ0v) is 15.3. The Morgan fingerprint density at radius 3 is 2.38 bits per heavy atom. The Bertz CT molecular complexity index is 725. The molecular weight excluding hydrogens is 420 g/mol. The molecule has 0 aliphatic rings. The Morgan fingerprint density at radius 1 is 1.05 bits per heavy atom. The molecule has 0 N–H and O–H groups in total. The molecule has 0 unspecified atom stereocenters. The quantitative estimate of drug-likeness (QED) is 0.653. The molecule has 0 aliphatic carbocycles. The Balaban J connectivity index is 2.02. The third-order valence-corrected chi connectivity index (χ3v) is 5.52. The molecule has 2 rings (SSSR count). The zero-order chi connectivity index (χ0) is 15.5. The van der Waals surface area contributed by atoms with Crippen molar-refractivity contribution in [1.82, 2.24) is 0 Å². The van der Waals surface area contributed by atoms with Crippen molar-refractivity contribution in [2.75, 3.05) is 6.61 Å². The number of rotatable bonds is 5. The van der Waals surface area contributed by atoms with Gasteiger partial charge in [0.15, 0.2) is 0 Å². The van der Waals surface area contributed by atoms with Crippen molar-refractivity contribution in [2.45, 2.75) is 18.2 Å². The van der Waals surface area contributed by atoms with Gasteiger partial charge in [0.2, 0.25) is 0 Å². The molecule has 6 heteroatoms. The maximum Gasteiger partial charge on any atom is 0.296 e. The van der Waals surface area contributed by atoms with Crippen LogP contribution in [0.3, 0.4) is 0 Å². The second kappa shape index (κ2) is 7.05. The van der Waals surface area contributed by atoms with Crippen molar-refractivity contribution in [3.05, 3.63) is 62.5 Å². The summed E-state index contributed by atoms with van der Waals surface area (Å²) in [6.07, 6.45) is 0.505. The number of benzene rings is 2. The van der Waals surface area contributed by atoms with E-state index >= 15 is 0 Å². The van der Waals surface area contributed by atoms with Crippen molar-refractivity contribution >= 4 is 42.0 Å². The van der Waals surface area contributed by atoms with Gasteiger partial charge in [0.05, 0.1) is 11.5 Å². The smallest absolute Gasteiger partial charge is 0.266 e. The van der Waals surface area contributed by atoms with Crippen LogP contribution in [0.4, 0.5) is 0 Å². The first-order chi connectivity index (χ1) is 9.88. The van der Waals surface area contributed by atoms with E-state index in [2.05, 4.69) is 31.9 Å². The lowest BCUT2D eigenvalue weighted by Gasteiger charge is -2.08. The van der Waals surface area contributed by atoms with Crippen molar-refractivity contribution in [3.8, 4) is 0 Å². The highest BCUT2D eigenvalue weighted by atomic mass is 79.9. The van der Waals surface area contributed by atoms with Crippen molar-refractivity contribution in [1.29, 1.82) is 0 Å². The van der Waals surface area contributed by atoms with Crippen LogP contribution in [0.15, 0.2) is 56.3 Å². The average Bonchev–Trinajstić information content (AvgIpc) is 2.43. The predicted molar refractivity (Wildman–Crippen MR) is 89.9 cm³/mol.